The summed E-state index contributed by atoms with van der Waals surface area (Å²) in [5.41, 5.74) is 0. The number of hydrogen-bond acceptors (Lipinski definition) is 8. The van der Waals surface area contributed by atoms with E-state index in [1.165, 1.54) is 7.05 Å². The molecule has 0 aromatic heterocycles. The zero-order valence-corrected chi connectivity index (χ0v) is 15.2. The highest BCUT2D eigenvalue weighted by Gasteiger charge is 2.34. The minimum Gasteiger partial charge on any atom is -0.480 e. The van der Waals surface area contributed by atoms with Gasteiger partial charge in [0.15, 0.2) is 0 Å². The molecule has 1 rings (SSSR count). The molecule has 0 spiro atoms. The third kappa shape index (κ3) is 6.92. The van der Waals surface area contributed by atoms with Crippen LogP contribution in [-0.2, 0) is 24.0 Å². The topological polar surface area (TPSA) is 159 Å². The maximum Gasteiger partial charge on any atom is 0.319 e. The summed E-state index contributed by atoms with van der Waals surface area (Å²) < 4.78 is 0. The van der Waals surface area contributed by atoms with Gasteiger partial charge in [0.05, 0.1) is 13.1 Å². The Morgan fingerprint density at radius 2 is 1.33 bits per heavy atom. The van der Waals surface area contributed by atoms with Gasteiger partial charge in [-0.15, -0.1) is 0 Å². The summed E-state index contributed by atoms with van der Waals surface area (Å²) >= 11 is 0. The highest BCUT2D eigenvalue weighted by Crippen LogP contribution is 2.13. The van der Waals surface area contributed by atoms with Crippen LogP contribution in [0.4, 0.5) is 0 Å². The van der Waals surface area contributed by atoms with Gasteiger partial charge in [0.25, 0.3) is 0 Å². The normalized spacial score (nSPS) is 16.8. The predicted octanol–water partition coefficient (Wildman–Crippen LogP) is -2.16. The molecule has 0 bridgehead atoms. The van der Waals surface area contributed by atoms with E-state index in [0.29, 0.717) is 6.42 Å². The molecule has 12 nitrogen and oxygen atoms in total. The highest BCUT2D eigenvalue weighted by molar-refractivity contribution is 5.99. The largest absolute Gasteiger partial charge is 0.480 e. The van der Waals surface area contributed by atoms with Crippen LogP contribution >= 0.6 is 0 Å². The first-order chi connectivity index (χ1) is 12.5. The fourth-order valence-corrected chi connectivity index (χ4v) is 2.76. The zero-order valence-electron chi connectivity index (χ0n) is 15.2. The average Bonchev–Trinajstić information content (AvgIpc) is 2.54. The van der Waals surface area contributed by atoms with Crippen molar-refractivity contribution in [2.75, 3.05) is 46.3 Å². The second kappa shape index (κ2) is 9.94. The molecule has 1 unspecified atom stereocenters. The Bertz CT molecular complexity index is 577. The Morgan fingerprint density at radius 3 is 1.70 bits per heavy atom. The molecule has 1 fully saturated rings. The van der Waals surface area contributed by atoms with Gasteiger partial charge in [-0.1, -0.05) is 6.92 Å². The standard InChI is InChI=1S/C15H24N4O8/c1-3-10(17-5-11(20)16(2)12(21)6-17)4-18(7-13(22)23)19(8-14(24)25)9-15(26)27/h10H,3-9H2,1-2H3,(H,22,23)(H,24,25)(H,26,27). The Labute approximate surface area is 155 Å². The second-order valence-corrected chi connectivity index (χ2v) is 6.16. The number of carbonyl (C=O) groups excluding carboxylic acids is 2. The quantitative estimate of drug-likeness (QED) is 0.261. The van der Waals surface area contributed by atoms with Crippen molar-refractivity contribution in [2.24, 2.45) is 0 Å². The van der Waals surface area contributed by atoms with Gasteiger partial charge < -0.3 is 15.3 Å². The molecule has 1 aliphatic heterocycles. The number of rotatable bonds is 11. The Hall–Kier alpha value is -2.57. The first-order valence-electron chi connectivity index (χ1n) is 8.23. The van der Waals surface area contributed by atoms with E-state index in [9.17, 15) is 24.0 Å². The molecule has 27 heavy (non-hydrogen) atoms. The molecule has 0 saturated carbocycles. The number of likely N-dealkylation sites (N-methyl/N-ethyl adjacent to an activating group) is 1. The number of imide groups is 1. The molecule has 0 radical (unpaired) electrons. The van der Waals surface area contributed by atoms with Crippen LogP contribution in [0.15, 0.2) is 0 Å². The number of carboxylic acids is 3. The average molecular weight is 388 g/mol. The molecule has 1 saturated heterocycles. The third-order valence-electron chi connectivity index (χ3n) is 4.19. The van der Waals surface area contributed by atoms with Crippen molar-refractivity contribution in [1.82, 2.24) is 19.8 Å². The van der Waals surface area contributed by atoms with E-state index in [-0.39, 0.29) is 19.6 Å². The summed E-state index contributed by atoms with van der Waals surface area (Å²) in [4.78, 5) is 59.7. The van der Waals surface area contributed by atoms with E-state index in [4.69, 9.17) is 15.3 Å². The predicted molar refractivity (Wildman–Crippen MR) is 89.5 cm³/mol. The van der Waals surface area contributed by atoms with Gasteiger partial charge in [0.1, 0.15) is 19.6 Å². The van der Waals surface area contributed by atoms with Crippen molar-refractivity contribution in [3.05, 3.63) is 0 Å². The second-order valence-electron chi connectivity index (χ2n) is 6.16. The minimum atomic E-state index is -1.32. The lowest BCUT2D eigenvalue weighted by atomic mass is 10.1. The van der Waals surface area contributed by atoms with Gasteiger partial charge >= 0.3 is 17.9 Å². The molecule has 0 aromatic rings. The number of carbonyl (C=O) groups is 5. The Morgan fingerprint density at radius 1 is 0.926 bits per heavy atom. The zero-order chi connectivity index (χ0) is 20.7. The van der Waals surface area contributed by atoms with Crippen molar-refractivity contribution in [3.63, 3.8) is 0 Å². The van der Waals surface area contributed by atoms with Gasteiger partial charge in [-0.3, -0.25) is 33.8 Å². The molecule has 0 aliphatic carbocycles. The van der Waals surface area contributed by atoms with E-state index < -0.39 is 55.4 Å². The summed E-state index contributed by atoms with van der Waals surface area (Å²) in [6.07, 6.45) is 0.439. The SMILES string of the molecule is CCC(CN(CC(=O)O)N(CC(=O)O)CC(=O)O)N1CC(=O)N(C)C(=O)C1. The monoisotopic (exact) mass is 388 g/mol. The smallest absolute Gasteiger partial charge is 0.319 e. The van der Waals surface area contributed by atoms with Crippen molar-refractivity contribution in [1.29, 1.82) is 0 Å². The van der Waals surface area contributed by atoms with Crippen LogP contribution in [0.1, 0.15) is 13.3 Å². The third-order valence-corrected chi connectivity index (χ3v) is 4.19. The van der Waals surface area contributed by atoms with Crippen LogP contribution in [0.25, 0.3) is 0 Å². The van der Waals surface area contributed by atoms with Crippen molar-refractivity contribution < 1.29 is 39.3 Å². The van der Waals surface area contributed by atoms with E-state index in [1.54, 1.807) is 11.8 Å². The van der Waals surface area contributed by atoms with Crippen LogP contribution < -0.4 is 0 Å². The highest BCUT2D eigenvalue weighted by atomic mass is 16.4. The van der Waals surface area contributed by atoms with Gasteiger partial charge in [-0.05, 0) is 6.42 Å². The van der Waals surface area contributed by atoms with E-state index in [1.807, 2.05) is 0 Å². The molecular weight excluding hydrogens is 364 g/mol. The van der Waals surface area contributed by atoms with Crippen molar-refractivity contribution in [2.45, 2.75) is 19.4 Å². The summed E-state index contributed by atoms with van der Waals surface area (Å²) in [5.74, 6) is -4.70. The molecule has 2 amide bonds. The van der Waals surface area contributed by atoms with Crippen LogP contribution in [-0.4, -0.2) is 117 Å². The van der Waals surface area contributed by atoms with E-state index in [2.05, 4.69) is 0 Å². The van der Waals surface area contributed by atoms with E-state index in [0.717, 1.165) is 14.9 Å². The molecule has 12 heteroatoms. The van der Waals surface area contributed by atoms with Crippen LogP contribution in [0.5, 0.6) is 0 Å². The maximum atomic E-state index is 11.9. The summed E-state index contributed by atoms with van der Waals surface area (Å²) in [7, 11) is 1.38. The van der Waals surface area contributed by atoms with Gasteiger partial charge in [0.2, 0.25) is 11.8 Å². The molecule has 3 N–H and O–H groups in total. The number of carboxylic acid groups (broad SMARTS) is 3. The van der Waals surface area contributed by atoms with Crippen LogP contribution in [0, 0.1) is 0 Å². The molecule has 1 atom stereocenters. The summed E-state index contributed by atoms with van der Waals surface area (Å²) in [6, 6.07) is -0.448. The minimum absolute atomic E-state index is 0.0421. The first-order valence-corrected chi connectivity index (χ1v) is 8.23. The number of piperazine rings is 1. The van der Waals surface area contributed by atoms with Gasteiger partial charge in [-0.25, -0.2) is 10.0 Å². The maximum absolute atomic E-state index is 11.9. The molecule has 152 valence electrons. The first kappa shape index (κ1) is 22.5. The van der Waals surface area contributed by atoms with E-state index >= 15 is 0 Å². The van der Waals surface area contributed by atoms with Crippen molar-refractivity contribution in [3.8, 4) is 0 Å². The van der Waals surface area contributed by atoms with Gasteiger partial charge in [0, 0.05) is 19.6 Å². The fraction of sp³-hybridized carbons (Fsp3) is 0.667. The summed E-state index contributed by atoms with van der Waals surface area (Å²) in [6.45, 7) is -0.373. The Kier molecular flexibility index (Phi) is 8.28. The summed E-state index contributed by atoms with van der Waals surface area (Å²) in [5, 5.41) is 29.2. The Balaban J connectivity index is 3.01. The molecule has 1 aliphatic rings. The molecule has 0 aromatic carbocycles. The lowest BCUT2D eigenvalue weighted by Crippen LogP contribution is -2.59. The van der Waals surface area contributed by atoms with Crippen molar-refractivity contribution >= 4 is 29.7 Å². The number of nitrogens with zero attached hydrogens (tertiary/aromatic N) is 4. The lowest BCUT2D eigenvalue weighted by molar-refractivity contribution is -0.160. The molecule has 1 heterocycles. The van der Waals surface area contributed by atoms with Crippen LogP contribution in [0.3, 0.4) is 0 Å². The lowest BCUT2D eigenvalue weighted by Gasteiger charge is -2.40. The number of aliphatic carboxylic acids is 3. The number of hydrazine groups is 1. The van der Waals surface area contributed by atoms with Crippen LogP contribution in [0.2, 0.25) is 0 Å². The number of amides is 2. The molecular formula is C15H24N4O8. The van der Waals surface area contributed by atoms with Gasteiger partial charge in [-0.2, -0.15) is 0 Å². The fourth-order valence-electron chi connectivity index (χ4n) is 2.76. The number of hydrogen-bond donors (Lipinski definition) is 3.